The molecule has 2 aromatic heterocycles. The highest BCUT2D eigenvalue weighted by Gasteiger charge is 2.16. The van der Waals surface area contributed by atoms with E-state index < -0.39 is 6.10 Å². The molecule has 1 aliphatic heterocycles. The number of nitrogens with one attached hydrogen (secondary N) is 1. The summed E-state index contributed by atoms with van der Waals surface area (Å²) < 4.78 is 7.12. The third-order valence-corrected chi connectivity index (χ3v) is 3.89. The number of anilines is 1. The number of pyridine rings is 1. The molecule has 3 rings (SSSR count). The molecule has 134 valence electrons. The van der Waals surface area contributed by atoms with E-state index in [4.69, 9.17) is 4.74 Å². The maximum Gasteiger partial charge on any atom is 0.274 e. The number of likely N-dealkylation sites (N-methyl/N-ethyl adjacent to an activating group) is 1. The highest BCUT2D eigenvalue weighted by atomic mass is 16.5. The van der Waals surface area contributed by atoms with E-state index in [0.717, 1.165) is 24.2 Å². The molecule has 1 amide bonds. The van der Waals surface area contributed by atoms with Gasteiger partial charge >= 0.3 is 0 Å². The van der Waals surface area contributed by atoms with Crippen LogP contribution in [-0.4, -0.2) is 64.0 Å². The fourth-order valence-electron chi connectivity index (χ4n) is 2.80. The summed E-state index contributed by atoms with van der Waals surface area (Å²) in [6, 6.07) is 1.77. The molecule has 0 saturated heterocycles. The Hall–Kier alpha value is -2.45. The van der Waals surface area contributed by atoms with Crippen LogP contribution in [0.5, 0.6) is 5.75 Å². The number of aromatic nitrogens is 3. The number of aliphatic hydroxyl groups is 1. The van der Waals surface area contributed by atoms with Crippen LogP contribution >= 0.6 is 0 Å². The van der Waals surface area contributed by atoms with E-state index in [0.29, 0.717) is 31.1 Å². The standard InChI is InChI=1S/C17H23N5O3/c1-21(2)10-14(23)11-22-9-13(7-19-22)20-17(24)15-6-12-4-3-5-25-16(12)8-18-15/h6-9,14,23H,3-5,10-11H2,1-2H3,(H,20,24). The van der Waals surface area contributed by atoms with Gasteiger partial charge in [0.1, 0.15) is 11.4 Å². The third kappa shape index (κ3) is 4.55. The molecule has 25 heavy (non-hydrogen) atoms. The number of hydrogen-bond acceptors (Lipinski definition) is 6. The number of nitrogens with zero attached hydrogens (tertiary/aromatic N) is 4. The van der Waals surface area contributed by atoms with Crippen LogP contribution in [-0.2, 0) is 13.0 Å². The van der Waals surface area contributed by atoms with Crippen molar-refractivity contribution in [2.75, 3.05) is 32.6 Å². The van der Waals surface area contributed by atoms with Gasteiger partial charge in [0.25, 0.3) is 5.91 Å². The minimum Gasteiger partial charge on any atom is -0.492 e. The maximum absolute atomic E-state index is 12.4. The van der Waals surface area contributed by atoms with Crippen molar-refractivity contribution < 1.29 is 14.6 Å². The van der Waals surface area contributed by atoms with Gasteiger partial charge in [-0.2, -0.15) is 5.10 Å². The summed E-state index contributed by atoms with van der Waals surface area (Å²) in [4.78, 5) is 18.4. The molecule has 1 atom stereocenters. The highest BCUT2D eigenvalue weighted by molar-refractivity contribution is 6.02. The first-order valence-corrected chi connectivity index (χ1v) is 8.29. The Bertz CT molecular complexity index is 744. The van der Waals surface area contributed by atoms with E-state index in [-0.39, 0.29) is 5.91 Å². The van der Waals surface area contributed by atoms with Crippen LogP contribution in [0.3, 0.4) is 0 Å². The lowest BCUT2D eigenvalue weighted by Gasteiger charge is -2.16. The van der Waals surface area contributed by atoms with Gasteiger partial charge in [0, 0.05) is 12.7 Å². The molecule has 1 unspecified atom stereocenters. The lowest BCUT2D eigenvalue weighted by atomic mass is 10.1. The lowest BCUT2D eigenvalue weighted by Crippen LogP contribution is -2.29. The van der Waals surface area contributed by atoms with E-state index in [9.17, 15) is 9.90 Å². The summed E-state index contributed by atoms with van der Waals surface area (Å²) in [5, 5.41) is 16.9. The fourth-order valence-corrected chi connectivity index (χ4v) is 2.80. The summed E-state index contributed by atoms with van der Waals surface area (Å²) in [6.45, 7) is 1.60. The Morgan fingerprint density at radius 3 is 3.12 bits per heavy atom. The van der Waals surface area contributed by atoms with E-state index in [1.54, 1.807) is 29.3 Å². The normalized spacial score (nSPS) is 14.7. The predicted molar refractivity (Wildman–Crippen MR) is 92.8 cm³/mol. The SMILES string of the molecule is CN(C)CC(O)Cn1cc(NC(=O)c2cc3c(cn2)OCCC3)cn1. The quantitative estimate of drug-likeness (QED) is 0.804. The smallest absolute Gasteiger partial charge is 0.274 e. The van der Waals surface area contributed by atoms with Crippen LogP contribution in [0.4, 0.5) is 5.69 Å². The second kappa shape index (κ2) is 7.62. The molecule has 0 radical (unpaired) electrons. The minimum atomic E-state index is -0.527. The van der Waals surface area contributed by atoms with Crippen LogP contribution in [0.2, 0.25) is 0 Å². The second-order valence-electron chi connectivity index (χ2n) is 6.45. The number of ether oxygens (including phenoxy) is 1. The van der Waals surface area contributed by atoms with Crippen LogP contribution in [0.25, 0.3) is 0 Å². The monoisotopic (exact) mass is 345 g/mol. The zero-order valence-corrected chi connectivity index (χ0v) is 14.5. The van der Waals surface area contributed by atoms with Gasteiger partial charge in [-0.25, -0.2) is 4.98 Å². The molecule has 8 heteroatoms. The summed E-state index contributed by atoms with van der Waals surface area (Å²) in [6.07, 6.45) is 6.16. The zero-order chi connectivity index (χ0) is 17.8. The van der Waals surface area contributed by atoms with Crippen molar-refractivity contribution in [3.63, 3.8) is 0 Å². The number of carbonyl (C=O) groups excluding carboxylic acids is 1. The predicted octanol–water partition coefficient (Wildman–Crippen LogP) is 0.778. The molecule has 8 nitrogen and oxygen atoms in total. The largest absolute Gasteiger partial charge is 0.492 e. The fraction of sp³-hybridized carbons (Fsp3) is 0.471. The first kappa shape index (κ1) is 17.4. The van der Waals surface area contributed by atoms with Gasteiger partial charge in [0.05, 0.1) is 37.3 Å². The van der Waals surface area contributed by atoms with E-state index in [1.807, 2.05) is 19.0 Å². The van der Waals surface area contributed by atoms with Crippen molar-refractivity contribution in [1.82, 2.24) is 19.7 Å². The van der Waals surface area contributed by atoms with Gasteiger partial charge in [-0.3, -0.25) is 9.48 Å². The van der Waals surface area contributed by atoms with Crippen molar-refractivity contribution in [2.45, 2.75) is 25.5 Å². The average molecular weight is 345 g/mol. The third-order valence-electron chi connectivity index (χ3n) is 3.89. The zero-order valence-electron chi connectivity index (χ0n) is 14.5. The van der Waals surface area contributed by atoms with Gasteiger partial charge < -0.3 is 20.1 Å². The van der Waals surface area contributed by atoms with Gasteiger partial charge in [-0.1, -0.05) is 0 Å². The van der Waals surface area contributed by atoms with Gasteiger partial charge in [-0.15, -0.1) is 0 Å². The molecule has 3 heterocycles. The lowest BCUT2D eigenvalue weighted by molar-refractivity contribution is 0.102. The Morgan fingerprint density at radius 2 is 2.32 bits per heavy atom. The Labute approximate surface area is 146 Å². The van der Waals surface area contributed by atoms with Crippen LogP contribution < -0.4 is 10.1 Å². The first-order valence-electron chi connectivity index (χ1n) is 8.29. The topological polar surface area (TPSA) is 92.5 Å². The molecule has 0 fully saturated rings. The Balaban J connectivity index is 1.62. The molecular weight excluding hydrogens is 322 g/mol. The minimum absolute atomic E-state index is 0.290. The molecule has 0 spiro atoms. The van der Waals surface area contributed by atoms with E-state index >= 15 is 0 Å². The van der Waals surface area contributed by atoms with E-state index in [2.05, 4.69) is 15.4 Å². The highest BCUT2D eigenvalue weighted by Crippen LogP contribution is 2.24. The maximum atomic E-state index is 12.4. The van der Waals surface area contributed by atoms with Gasteiger partial charge in [0.2, 0.25) is 0 Å². The summed E-state index contributed by atoms with van der Waals surface area (Å²) >= 11 is 0. The molecule has 0 aliphatic carbocycles. The van der Waals surface area contributed by atoms with Crippen molar-refractivity contribution in [3.8, 4) is 5.75 Å². The van der Waals surface area contributed by atoms with Crippen molar-refractivity contribution in [1.29, 1.82) is 0 Å². The van der Waals surface area contributed by atoms with Crippen LogP contribution in [0.15, 0.2) is 24.7 Å². The number of fused-ring (bicyclic) bond motifs is 1. The van der Waals surface area contributed by atoms with Gasteiger partial charge in [0.15, 0.2) is 0 Å². The number of aliphatic hydroxyl groups excluding tert-OH is 1. The summed E-state index contributed by atoms with van der Waals surface area (Å²) in [5.41, 5.74) is 1.93. The first-order chi connectivity index (χ1) is 12.0. The van der Waals surface area contributed by atoms with Crippen molar-refractivity contribution in [3.05, 3.63) is 35.9 Å². The molecule has 2 N–H and O–H groups in total. The number of amides is 1. The summed E-state index contributed by atoms with van der Waals surface area (Å²) in [7, 11) is 3.79. The summed E-state index contributed by atoms with van der Waals surface area (Å²) in [5.74, 6) is 0.465. The Morgan fingerprint density at radius 1 is 1.48 bits per heavy atom. The number of rotatable bonds is 6. The van der Waals surface area contributed by atoms with Crippen molar-refractivity contribution >= 4 is 11.6 Å². The molecule has 0 saturated carbocycles. The molecule has 1 aliphatic rings. The van der Waals surface area contributed by atoms with Crippen molar-refractivity contribution in [2.24, 2.45) is 0 Å². The van der Waals surface area contributed by atoms with E-state index in [1.165, 1.54) is 0 Å². The average Bonchev–Trinajstić information content (AvgIpc) is 3.00. The molecular formula is C17H23N5O3. The number of hydrogen-bond donors (Lipinski definition) is 2. The molecule has 2 aromatic rings. The van der Waals surface area contributed by atoms with Crippen LogP contribution in [0.1, 0.15) is 22.5 Å². The number of carbonyl (C=O) groups is 1. The second-order valence-corrected chi connectivity index (χ2v) is 6.45. The molecule has 0 bridgehead atoms. The Kier molecular flexibility index (Phi) is 5.30. The van der Waals surface area contributed by atoms with Crippen LogP contribution in [0, 0.1) is 0 Å². The molecule has 0 aromatic carbocycles. The number of aryl methyl sites for hydroxylation is 1. The van der Waals surface area contributed by atoms with Gasteiger partial charge in [-0.05, 0) is 38.6 Å².